The first-order chi connectivity index (χ1) is 4.13. The predicted molar refractivity (Wildman–Crippen MR) is 33.9 cm³/mol. The van der Waals surface area contributed by atoms with Gasteiger partial charge in [0.25, 0.3) is 0 Å². The van der Waals surface area contributed by atoms with Crippen molar-refractivity contribution in [1.29, 1.82) is 0 Å². The molecule has 0 bridgehead atoms. The minimum absolute atomic E-state index is 0.0579. The summed E-state index contributed by atoms with van der Waals surface area (Å²) in [5.74, 6) is 0.0579. The molecule has 0 aliphatic heterocycles. The van der Waals surface area contributed by atoms with Crippen molar-refractivity contribution in [2.24, 2.45) is 5.73 Å². The van der Waals surface area contributed by atoms with Crippen LogP contribution in [0.3, 0.4) is 0 Å². The van der Waals surface area contributed by atoms with Crippen LogP contribution in [0, 0.1) is 0 Å². The molecule has 3 nitrogen and oxygen atoms in total. The Hall–Kier alpha value is -0.540. The summed E-state index contributed by atoms with van der Waals surface area (Å²) in [4.78, 5) is 0. The number of nitrogens with two attached hydrogens (primary N) is 1. The van der Waals surface area contributed by atoms with Gasteiger partial charge in [-0.05, 0) is 18.9 Å². The van der Waals surface area contributed by atoms with Crippen LogP contribution in [0.2, 0.25) is 0 Å². The number of hydrogen-bond donors (Lipinski definition) is 3. The molecule has 0 heterocycles. The summed E-state index contributed by atoms with van der Waals surface area (Å²) in [5, 5.41) is 18.0. The lowest BCUT2D eigenvalue weighted by Gasteiger charge is -2.07. The Morgan fingerprint density at radius 2 is 2.22 bits per heavy atom. The van der Waals surface area contributed by atoms with Gasteiger partial charge in [0, 0.05) is 6.04 Å². The maximum absolute atomic E-state index is 9.00. The lowest BCUT2D eigenvalue weighted by atomic mass is 10.2. The second-order valence-corrected chi connectivity index (χ2v) is 2.48. The Morgan fingerprint density at radius 3 is 2.33 bits per heavy atom. The third-order valence-electron chi connectivity index (χ3n) is 1.66. The van der Waals surface area contributed by atoms with E-state index in [1.165, 1.54) is 0 Å². The highest BCUT2D eigenvalue weighted by molar-refractivity contribution is 5.19. The Morgan fingerprint density at radius 1 is 1.67 bits per heavy atom. The van der Waals surface area contributed by atoms with Crippen molar-refractivity contribution in [3.8, 4) is 0 Å². The van der Waals surface area contributed by atoms with E-state index in [2.05, 4.69) is 0 Å². The third kappa shape index (κ3) is 0.930. The van der Waals surface area contributed by atoms with Crippen molar-refractivity contribution < 1.29 is 10.2 Å². The van der Waals surface area contributed by atoms with E-state index < -0.39 is 6.10 Å². The van der Waals surface area contributed by atoms with E-state index >= 15 is 0 Å². The van der Waals surface area contributed by atoms with Gasteiger partial charge in [-0.1, -0.05) is 0 Å². The zero-order valence-electron chi connectivity index (χ0n) is 5.33. The molecule has 0 spiro atoms. The van der Waals surface area contributed by atoms with Crippen LogP contribution >= 0.6 is 0 Å². The molecule has 0 saturated carbocycles. The molecule has 0 saturated heterocycles. The van der Waals surface area contributed by atoms with Crippen molar-refractivity contribution in [1.82, 2.24) is 0 Å². The average Bonchev–Trinajstić information content (AvgIpc) is 1.98. The quantitative estimate of drug-likeness (QED) is 0.428. The van der Waals surface area contributed by atoms with E-state index in [0.717, 1.165) is 5.57 Å². The van der Waals surface area contributed by atoms with Crippen LogP contribution in [0.25, 0.3) is 0 Å². The van der Waals surface area contributed by atoms with Gasteiger partial charge < -0.3 is 15.9 Å². The fraction of sp³-hybridized carbons (Fsp3) is 0.667. The molecule has 2 atom stereocenters. The minimum atomic E-state index is -0.829. The zero-order chi connectivity index (χ0) is 7.02. The summed E-state index contributed by atoms with van der Waals surface area (Å²) >= 11 is 0. The van der Waals surface area contributed by atoms with Gasteiger partial charge in [0.2, 0.25) is 0 Å². The summed E-state index contributed by atoms with van der Waals surface area (Å²) in [7, 11) is 0. The first-order valence-electron chi connectivity index (χ1n) is 2.95. The largest absolute Gasteiger partial charge is 0.510 e. The zero-order valence-corrected chi connectivity index (χ0v) is 5.33. The Bertz CT molecular complexity index is 153. The van der Waals surface area contributed by atoms with Crippen molar-refractivity contribution in [3.05, 3.63) is 11.3 Å². The average molecular weight is 129 g/mol. The minimum Gasteiger partial charge on any atom is -0.510 e. The number of aliphatic hydroxyl groups is 2. The van der Waals surface area contributed by atoms with Crippen LogP contribution in [0.5, 0.6) is 0 Å². The Kier molecular flexibility index (Phi) is 1.47. The number of rotatable bonds is 0. The molecule has 4 N–H and O–H groups in total. The summed E-state index contributed by atoms with van der Waals surface area (Å²) in [5.41, 5.74) is 6.21. The molecule has 1 aliphatic carbocycles. The summed E-state index contributed by atoms with van der Waals surface area (Å²) in [6.07, 6.45) is -0.225. The van der Waals surface area contributed by atoms with Gasteiger partial charge >= 0.3 is 0 Å². The first-order valence-corrected chi connectivity index (χ1v) is 2.95. The molecular formula is C6H11NO2. The highest BCUT2D eigenvalue weighted by Gasteiger charge is 2.27. The third-order valence-corrected chi connectivity index (χ3v) is 1.66. The molecule has 1 aliphatic rings. The molecule has 0 radical (unpaired) electrons. The van der Waals surface area contributed by atoms with Gasteiger partial charge in [0.1, 0.15) is 11.9 Å². The highest BCUT2D eigenvalue weighted by Crippen LogP contribution is 2.22. The number of aliphatic hydroxyl groups excluding tert-OH is 2. The van der Waals surface area contributed by atoms with Gasteiger partial charge in [-0.3, -0.25) is 0 Å². The molecule has 0 aromatic rings. The summed E-state index contributed by atoms with van der Waals surface area (Å²) < 4.78 is 0. The monoisotopic (exact) mass is 129 g/mol. The second kappa shape index (κ2) is 2.01. The summed E-state index contributed by atoms with van der Waals surface area (Å²) in [6, 6.07) is -0.301. The second-order valence-electron chi connectivity index (χ2n) is 2.48. The van der Waals surface area contributed by atoms with E-state index in [0.29, 0.717) is 6.42 Å². The van der Waals surface area contributed by atoms with Gasteiger partial charge in [-0.15, -0.1) is 0 Å². The standard InChI is InChI=1S/C6H11NO2/c1-3-2-4(7)6(9)5(3)8/h4,6,8-9H,2,7H2,1H3. The SMILES string of the molecule is CC1=C(O)C(O)C(N)C1. The van der Waals surface area contributed by atoms with Crippen LogP contribution in [0.15, 0.2) is 11.3 Å². The molecule has 3 heteroatoms. The predicted octanol–water partition coefficient (Wildman–Crippen LogP) is -0.0897. The van der Waals surface area contributed by atoms with Gasteiger partial charge in [-0.25, -0.2) is 0 Å². The van der Waals surface area contributed by atoms with Crippen LogP contribution < -0.4 is 5.73 Å². The fourth-order valence-electron chi connectivity index (χ4n) is 1.02. The van der Waals surface area contributed by atoms with Gasteiger partial charge in [0.05, 0.1) is 0 Å². The topological polar surface area (TPSA) is 66.5 Å². The Labute approximate surface area is 53.8 Å². The normalized spacial score (nSPS) is 35.9. The molecule has 0 aromatic heterocycles. The van der Waals surface area contributed by atoms with E-state index in [4.69, 9.17) is 15.9 Å². The van der Waals surface area contributed by atoms with Crippen molar-refractivity contribution in [3.63, 3.8) is 0 Å². The highest BCUT2D eigenvalue weighted by atomic mass is 16.3. The maximum atomic E-state index is 9.00. The summed E-state index contributed by atoms with van der Waals surface area (Å²) in [6.45, 7) is 1.77. The van der Waals surface area contributed by atoms with Crippen LogP contribution in [0.1, 0.15) is 13.3 Å². The first kappa shape index (κ1) is 6.58. The lowest BCUT2D eigenvalue weighted by Crippen LogP contribution is -2.31. The maximum Gasteiger partial charge on any atom is 0.126 e. The van der Waals surface area contributed by atoms with Crippen LogP contribution in [-0.2, 0) is 0 Å². The molecule has 0 amide bonds. The van der Waals surface area contributed by atoms with Gasteiger partial charge in [-0.2, -0.15) is 0 Å². The molecule has 52 valence electrons. The van der Waals surface area contributed by atoms with Crippen molar-refractivity contribution >= 4 is 0 Å². The molecule has 0 fully saturated rings. The fourth-order valence-corrected chi connectivity index (χ4v) is 1.02. The molecule has 1 rings (SSSR count). The van der Waals surface area contributed by atoms with E-state index in [-0.39, 0.29) is 11.8 Å². The smallest absolute Gasteiger partial charge is 0.126 e. The Balaban J connectivity index is 2.74. The van der Waals surface area contributed by atoms with Crippen molar-refractivity contribution in [2.45, 2.75) is 25.5 Å². The van der Waals surface area contributed by atoms with Crippen LogP contribution in [-0.4, -0.2) is 22.4 Å². The molecule has 0 aromatic carbocycles. The molecular weight excluding hydrogens is 118 g/mol. The number of hydrogen-bond acceptors (Lipinski definition) is 3. The van der Waals surface area contributed by atoms with E-state index in [1.54, 1.807) is 6.92 Å². The van der Waals surface area contributed by atoms with Gasteiger partial charge in [0.15, 0.2) is 0 Å². The van der Waals surface area contributed by atoms with Crippen LogP contribution in [0.4, 0.5) is 0 Å². The molecule has 2 unspecified atom stereocenters. The van der Waals surface area contributed by atoms with E-state index in [1.807, 2.05) is 0 Å². The lowest BCUT2D eigenvalue weighted by molar-refractivity contribution is 0.142. The van der Waals surface area contributed by atoms with E-state index in [9.17, 15) is 0 Å². The van der Waals surface area contributed by atoms with Crippen molar-refractivity contribution in [2.75, 3.05) is 0 Å². The molecule has 9 heavy (non-hydrogen) atoms.